The molecular formula is C13H24O7. The number of hydrogen-bond donors (Lipinski definition) is 1. The van der Waals surface area contributed by atoms with Crippen molar-refractivity contribution in [2.75, 3.05) is 53.4 Å². The summed E-state index contributed by atoms with van der Waals surface area (Å²) in [5.74, 6) is -0.899. The van der Waals surface area contributed by atoms with E-state index in [2.05, 4.69) is 0 Å². The largest absolute Gasteiger partial charge is 0.479 e. The molecule has 0 aromatic carbocycles. The molecule has 2 atom stereocenters. The number of carboxylic acid groups (broad SMARTS) is 1. The molecular weight excluding hydrogens is 268 g/mol. The van der Waals surface area contributed by atoms with Crippen LogP contribution in [0.2, 0.25) is 0 Å². The van der Waals surface area contributed by atoms with Crippen molar-refractivity contribution in [2.24, 2.45) is 0 Å². The van der Waals surface area contributed by atoms with Gasteiger partial charge in [0.1, 0.15) is 0 Å². The lowest BCUT2D eigenvalue weighted by Crippen LogP contribution is -2.23. The molecule has 0 saturated carbocycles. The Morgan fingerprint density at radius 1 is 1.05 bits per heavy atom. The summed E-state index contributed by atoms with van der Waals surface area (Å²) in [6, 6.07) is 0. The van der Waals surface area contributed by atoms with Crippen LogP contribution in [0.4, 0.5) is 0 Å². The van der Waals surface area contributed by atoms with E-state index < -0.39 is 12.1 Å². The van der Waals surface area contributed by atoms with Crippen LogP contribution in [0.1, 0.15) is 12.8 Å². The first-order chi connectivity index (χ1) is 9.74. The highest BCUT2D eigenvalue weighted by atomic mass is 16.6. The maximum Gasteiger partial charge on any atom is 0.332 e. The lowest BCUT2D eigenvalue weighted by Gasteiger charge is -2.11. The fourth-order valence-corrected chi connectivity index (χ4v) is 1.81. The number of ether oxygens (including phenoxy) is 5. The van der Waals surface area contributed by atoms with Crippen molar-refractivity contribution in [1.29, 1.82) is 0 Å². The lowest BCUT2D eigenvalue weighted by molar-refractivity contribution is -0.150. The minimum atomic E-state index is -0.899. The average Bonchev–Trinajstić information content (AvgIpc) is 2.90. The smallest absolute Gasteiger partial charge is 0.332 e. The number of methoxy groups -OCH3 is 1. The minimum absolute atomic E-state index is 0.117. The third-order valence-corrected chi connectivity index (χ3v) is 2.86. The Hall–Kier alpha value is -0.730. The highest BCUT2D eigenvalue weighted by molar-refractivity contribution is 5.72. The van der Waals surface area contributed by atoms with Gasteiger partial charge in [-0.3, -0.25) is 0 Å². The zero-order chi connectivity index (χ0) is 14.6. The molecule has 0 spiro atoms. The van der Waals surface area contributed by atoms with Crippen LogP contribution in [0, 0.1) is 0 Å². The van der Waals surface area contributed by atoms with Gasteiger partial charge in [-0.2, -0.15) is 0 Å². The van der Waals surface area contributed by atoms with E-state index in [1.165, 1.54) is 0 Å². The highest BCUT2D eigenvalue weighted by Gasteiger charge is 2.30. The van der Waals surface area contributed by atoms with Crippen LogP contribution in [-0.2, 0) is 28.5 Å². The fraction of sp³-hybridized carbons (Fsp3) is 0.923. The number of carbonyl (C=O) groups is 1. The van der Waals surface area contributed by atoms with Crippen molar-refractivity contribution in [2.45, 2.75) is 25.0 Å². The summed E-state index contributed by atoms with van der Waals surface area (Å²) in [6.45, 7) is 3.58. The molecule has 118 valence electrons. The maximum absolute atomic E-state index is 10.7. The molecule has 0 amide bonds. The summed E-state index contributed by atoms with van der Waals surface area (Å²) >= 11 is 0. The van der Waals surface area contributed by atoms with Crippen molar-refractivity contribution in [3.8, 4) is 0 Å². The molecule has 1 fully saturated rings. The van der Waals surface area contributed by atoms with Crippen molar-refractivity contribution in [3.63, 3.8) is 0 Å². The zero-order valence-corrected chi connectivity index (χ0v) is 11.9. The first kappa shape index (κ1) is 17.3. The predicted octanol–water partition coefficient (Wildman–Crippen LogP) is 0.315. The Morgan fingerprint density at radius 2 is 1.65 bits per heavy atom. The van der Waals surface area contributed by atoms with Crippen LogP contribution in [0.25, 0.3) is 0 Å². The quantitative estimate of drug-likeness (QED) is 0.518. The second-order valence-corrected chi connectivity index (χ2v) is 4.45. The third-order valence-electron chi connectivity index (χ3n) is 2.86. The molecule has 7 heteroatoms. The Kier molecular flexibility index (Phi) is 9.52. The van der Waals surface area contributed by atoms with Crippen LogP contribution in [0.3, 0.4) is 0 Å². The summed E-state index contributed by atoms with van der Waals surface area (Å²) in [5.41, 5.74) is 0. The summed E-state index contributed by atoms with van der Waals surface area (Å²) in [4.78, 5) is 10.7. The van der Waals surface area contributed by atoms with Crippen LogP contribution < -0.4 is 0 Å². The second-order valence-electron chi connectivity index (χ2n) is 4.45. The second kappa shape index (κ2) is 11.0. The Balaban J connectivity index is 1.82. The molecule has 0 aromatic rings. The summed E-state index contributed by atoms with van der Waals surface area (Å²) < 4.78 is 26.1. The van der Waals surface area contributed by atoms with Crippen LogP contribution in [0.5, 0.6) is 0 Å². The summed E-state index contributed by atoms with van der Waals surface area (Å²) in [6.07, 6.45) is 0.488. The van der Waals surface area contributed by atoms with Crippen LogP contribution in [0.15, 0.2) is 0 Å². The van der Waals surface area contributed by atoms with Gasteiger partial charge in [0.05, 0.1) is 52.4 Å². The van der Waals surface area contributed by atoms with E-state index in [0.29, 0.717) is 52.7 Å². The molecule has 0 radical (unpaired) electrons. The van der Waals surface area contributed by atoms with Gasteiger partial charge < -0.3 is 28.8 Å². The van der Waals surface area contributed by atoms with E-state index in [4.69, 9.17) is 28.8 Å². The van der Waals surface area contributed by atoms with Crippen molar-refractivity contribution >= 4 is 5.97 Å². The van der Waals surface area contributed by atoms with Gasteiger partial charge in [-0.15, -0.1) is 0 Å². The standard InChI is InChI=1S/C13H24O7/c1-16-4-5-17-6-7-18-8-9-19-10-11-2-3-12(20-11)13(14)15/h11-12H,2-10H2,1H3,(H,14,15). The van der Waals surface area contributed by atoms with Gasteiger partial charge in [0, 0.05) is 7.11 Å². The average molecular weight is 292 g/mol. The molecule has 0 aliphatic carbocycles. The van der Waals surface area contributed by atoms with E-state index in [0.717, 1.165) is 6.42 Å². The summed E-state index contributed by atoms with van der Waals surface area (Å²) in [7, 11) is 1.63. The molecule has 1 saturated heterocycles. The molecule has 1 aliphatic rings. The first-order valence-corrected chi connectivity index (χ1v) is 6.84. The maximum atomic E-state index is 10.7. The molecule has 2 unspecified atom stereocenters. The SMILES string of the molecule is COCCOCCOCCOCC1CCC(C(=O)O)O1. The monoisotopic (exact) mass is 292 g/mol. The normalized spacial score (nSPS) is 22.2. The Labute approximate surface area is 119 Å². The van der Waals surface area contributed by atoms with Gasteiger partial charge in [0.25, 0.3) is 0 Å². The van der Waals surface area contributed by atoms with Crippen molar-refractivity contribution in [3.05, 3.63) is 0 Å². The molecule has 0 bridgehead atoms. The molecule has 20 heavy (non-hydrogen) atoms. The molecule has 7 nitrogen and oxygen atoms in total. The van der Waals surface area contributed by atoms with E-state index in [1.54, 1.807) is 7.11 Å². The molecule has 1 heterocycles. The predicted molar refractivity (Wildman–Crippen MR) is 69.9 cm³/mol. The van der Waals surface area contributed by atoms with E-state index in [1.807, 2.05) is 0 Å². The number of hydrogen-bond acceptors (Lipinski definition) is 6. The zero-order valence-electron chi connectivity index (χ0n) is 11.9. The Morgan fingerprint density at radius 3 is 2.20 bits per heavy atom. The van der Waals surface area contributed by atoms with E-state index in [9.17, 15) is 4.79 Å². The first-order valence-electron chi connectivity index (χ1n) is 6.84. The minimum Gasteiger partial charge on any atom is -0.479 e. The Bertz CT molecular complexity index is 259. The molecule has 0 aromatic heterocycles. The number of rotatable bonds is 12. The molecule has 1 aliphatic heterocycles. The molecule has 1 rings (SSSR count). The van der Waals surface area contributed by atoms with Crippen molar-refractivity contribution in [1.82, 2.24) is 0 Å². The van der Waals surface area contributed by atoms with Gasteiger partial charge in [0.2, 0.25) is 0 Å². The van der Waals surface area contributed by atoms with E-state index in [-0.39, 0.29) is 6.10 Å². The van der Waals surface area contributed by atoms with Gasteiger partial charge in [0.15, 0.2) is 6.10 Å². The summed E-state index contributed by atoms with van der Waals surface area (Å²) in [5, 5.41) is 8.77. The molecule has 1 N–H and O–H groups in total. The fourth-order valence-electron chi connectivity index (χ4n) is 1.81. The highest BCUT2D eigenvalue weighted by Crippen LogP contribution is 2.19. The van der Waals surface area contributed by atoms with Crippen LogP contribution in [-0.4, -0.2) is 76.6 Å². The van der Waals surface area contributed by atoms with Gasteiger partial charge in [-0.05, 0) is 12.8 Å². The topological polar surface area (TPSA) is 83.5 Å². The van der Waals surface area contributed by atoms with Gasteiger partial charge in [-0.25, -0.2) is 4.79 Å². The van der Waals surface area contributed by atoms with Gasteiger partial charge >= 0.3 is 5.97 Å². The van der Waals surface area contributed by atoms with Gasteiger partial charge in [-0.1, -0.05) is 0 Å². The number of carboxylic acids is 1. The van der Waals surface area contributed by atoms with Crippen molar-refractivity contribution < 1.29 is 33.6 Å². The number of aliphatic carboxylic acids is 1. The van der Waals surface area contributed by atoms with E-state index >= 15 is 0 Å². The third kappa shape index (κ3) is 7.76. The van der Waals surface area contributed by atoms with Crippen LogP contribution >= 0.6 is 0 Å². The lowest BCUT2D eigenvalue weighted by atomic mass is 10.2.